The third kappa shape index (κ3) is 2.29. The molecule has 6 nitrogen and oxygen atoms in total. The molecule has 0 bridgehead atoms. The van der Waals surface area contributed by atoms with Crippen molar-refractivity contribution >= 4 is 22.2 Å². The van der Waals surface area contributed by atoms with E-state index in [4.69, 9.17) is 5.73 Å². The molecule has 0 radical (unpaired) electrons. The first-order valence-electron chi connectivity index (χ1n) is 5.37. The maximum atomic E-state index is 12.1. The summed E-state index contributed by atoms with van der Waals surface area (Å²) in [6.45, 7) is 1.13. The molecular formula is C10H13N3O3S. The molecule has 0 aromatic carbocycles. The van der Waals surface area contributed by atoms with Crippen LogP contribution >= 0.6 is 11.3 Å². The summed E-state index contributed by atoms with van der Waals surface area (Å²) < 4.78 is 0. The van der Waals surface area contributed by atoms with E-state index in [1.165, 1.54) is 11.4 Å². The number of hydrogen-bond acceptors (Lipinski definition) is 5. The van der Waals surface area contributed by atoms with Crippen LogP contribution in [0.4, 0.5) is 5.00 Å². The van der Waals surface area contributed by atoms with E-state index in [2.05, 4.69) is 0 Å². The molecule has 2 N–H and O–H groups in total. The Morgan fingerprint density at radius 2 is 2.47 bits per heavy atom. The lowest BCUT2D eigenvalue weighted by molar-refractivity contribution is -0.380. The van der Waals surface area contributed by atoms with E-state index in [1.54, 1.807) is 4.90 Å². The zero-order chi connectivity index (χ0) is 12.4. The average Bonchev–Trinajstić information content (AvgIpc) is 2.96. The van der Waals surface area contributed by atoms with Gasteiger partial charge in [0.2, 0.25) is 0 Å². The first-order valence-corrected chi connectivity index (χ1v) is 6.25. The van der Waals surface area contributed by atoms with Crippen LogP contribution in [0.5, 0.6) is 0 Å². The van der Waals surface area contributed by atoms with E-state index in [-0.39, 0.29) is 17.0 Å². The summed E-state index contributed by atoms with van der Waals surface area (Å²) in [5.41, 5.74) is 5.98. The van der Waals surface area contributed by atoms with Gasteiger partial charge in [-0.3, -0.25) is 14.9 Å². The summed E-state index contributed by atoms with van der Waals surface area (Å²) in [5, 5.41) is 12.1. The lowest BCUT2D eigenvalue weighted by atomic mass is 10.2. The van der Waals surface area contributed by atoms with E-state index in [9.17, 15) is 14.9 Å². The van der Waals surface area contributed by atoms with E-state index in [0.717, 1.165) is 24.2 Å². The van der Waals surface area contributed by atoms with Gasteiger partial charge in [0.15, 0.2) is 0 Å². The molecule has 0 spiro atoms. The van der Waals surface area contributed by atoms with Gasteiger partial charge in [0.05, 0.1) is 10.5 Å². The van der Waals surface area contributed by atoms with Crippen molar-refractivity contribution in [2.24, 2.45) is 5.73 Å². The molecule has 17 heavy (non-hydrogen) atoms. The van der Waals surface area contributed by atoms with Crippen molar-refractivity contribution in [3.8, 4) is 0 Å². The molecule has 1 atom stereocenters. The van der Waals surface area contributed by atoms with Crippen molar-refractivity contribution in [1.29, 1.82) is 0 Å². The highest BCUT2D eigenvalue weighted by Gasteiger charge is 2.29. The minimum absolute atomic E-state index is 0.00292. The molecule has 1 fully saturated rings. The highest BCUT2D eigenvalue weighted by atomic mass is 32.1. The van der Waals surface area contributed by atoms with Crippen LogP contribution in [0, 0.1) is 10.1 Å². The number of nitrogens with two attached hydrogens (primary N) is 1. The van der Waals surface area contributed by atoms with E-state index in [0.29, 0.717) is 18.7 Å². The maximum Gasteiger partial charge on any atom is 0.324 e. The Bertz CT molecular complexity index is 446. The molecule has 2 rings (SSSR count). The maximum absolute atomic E-state index is 12.1. The molecular weight excluding hydrogens is 242 g/mol. The number of amides is 1. The van der Waals surface area contributed by atoms with Gasteiger partial charge < -0.3 is 10.6 Å². The summed E-state index contributed by atoms with van der Waals surface area (Å²) in [6, 6.07) is 1.40. The van der Waals surface area contributed by atoms with Gasteiger partial charge in [0.1, 0.15) is 0 Å². The molecule has 1 amide bonds. The Kier molecular flexibility index (Phi) is 3.39. The lowest BCUT2D eigenvalue weighted by Crippen LogP contribution is -2.39. The molecule has 92 valence electrons. The van der Waals surface area contributed by atoms with Crippen molar-refractivity contribution in [3.63, 3.8) is 0 Å². The van der Waals surface area contributed by atoms with Gasteiger partial charge in [-0.15, -0.1) is 0 Å². The van der Waals surface area contributed by atoms with Gasteiger partial charge >= 0.3 is 5.00 Å². The third-order valence-electron chi connectivity index (χ3n) is 2.92. The minimum Gasteiger partial charge on any atom is -0.334 e. The van der Waals surface area contributed by atoms with Crippen LogP contribution < -0.4 is 5.73 Å². The fourth-order valence-corrected chi connectivity index (χ4v) is 2.74. The number of nitro groups is 1. The Balaban J connectivity index is 2.16. The van der Waals surface area contributed by atoms with Gasteiger partial charge in [-0.1, -0.05) is 11.3 Å². The van der Waals surface area contributed by atoms with Gasteiger partial charge in [-0.2, -0.15) is 0 Å². The van der Waals surface area contributed by atoms with Crippen LogP contribution in [0.2, 0.25) is 0 Å². The predicted octanol–water partition coefficient (Wildman–Crippen LogP) is 1.22. The molecule has 1 aromatic heterocycles. The molecule has 1 aromatic rings. The number of likely N-dealkylation sites (tertiary alicyclic amines) is 1. The second-order valence-electron chi connectivity index (χ2n) is 3.96. The second kappa shape index (κ2) is 4.80. The number of thiophene rings is 1. The summed E-state index contributed by atoms with van der Waals surface area (Å²) >= 11 is 0.976. The Labute approximate surface area is 102 Å². The van der Waals surface area contributed by atoms with Gasteiger partial charge in [0.25, 0.3) is 5.91 Å². The van der Waals surface area contributed by atoms with Crippen LogP contribution in [0.1, 0.15) is 23.2 Å². The largest absolute Gasteiger partial charge is 0.334 e. The van der Waals surface area contributed by atoms with Gasteiger partial charge in [0, 0.05) is 30.6 Å². The van der Waals surface area contributed by atoms with Crippen LogP contribution in [0.3, 0.4) is 0 Å². The highest BCUT2D eigenvalue weighted by Crippen LogP contribution is 2.26. The van der Waals surface area contributed by atoms with Crippen LogP contribution in [0.15, 0.2) is 11.4 Å². The smallest absolute Gasteiger partial charge is 0.324 e. The molecule has 0 saturated carbocycles. The fraction of sp³-hybridized carbons (Fsp3) is 0.500. The summed E-state index contributed by atoms with van der Waals surface area (Å²) in [7, 11) is 0. The quantitative estimate of drug-likeness (QED) is 0.649. The van der Waals surface area contributed by atoms with E-state index < -0.39 is 4.92 Å². The normalized spacial score (nSPS) is 19.6. The standard InChI is InChI=1S/C10H13N3O3S/c11-5-8-2-1-3-12(8)10(14)7-4-9(13(15)16)17-6-7/h4,6,8H,1-3,5,11H2. The zero-order valence-electron chi connectivity index (χ0n) is 9.17. The number of rotatable bonds is 3. The number of hydrogen-bond donors (Lipinski definition) is 1. The first-order chi connectivity index (χ1) is 8.13. The summed E-state index contributed by atoms with van der Waals surface area (Å²) in [6.07, 6.45) is 1.86. The van der Waals surface area contributed by atoms with Crippen molar-refractivity contribution < 1.29 is 9.72 Å². The SMILES string of the molecule is NCC1CCCN1C(=O)c1csc([N+](=O)[O-])c1. The summed E-state index contributed by atoms with van der Waals surface area (Å²) in [4.78, 5) is 23.9. The van der Waals surface area contributed by atoms with Gasteiger partial charge in [-0.25, -0.2) is 0 Å². The van der Waals surface area contributed by atoms with Crippen LogP contribution in [-0.2, 0) is 0 Å². The molecule has 0 aliphatic carbocycles. The molecule has 7 heteroatoms. The minimum atomic E-state index is -0.480. The van der Waals surface area contributed by atoms with Crippen molar-refractivity contribution in [2.75, 3.05) is 13.1 Å². The first kappa shape index (κ1) is 12.0. The van der Waals surface area contributed by atoms with Crippen molar-refractivity contribution in [3.05, 3.63) is 27.1 Å². The second-order valence-corrected chi connectivity index (χ2v) is 4.85. The lowest BCUT2D eigenvalue weighted by Gasteiger charge is -2.22. The Morgan fingerprint density at radius 1 is 1.71 bits per heavy atom. The third-order valence-corrected chi connectivity index (χ3v) is 3.80. The molecule has 2 heterocycles. The van der Waals surface area contributed by atoms with E-state index >= 15 is 0 Å². The van der Waals surface area contributed by atoms with Crippen molar-refractivity contribution in [2.45, 2.75) is 18.9 Å². The van der Waals surface area contributed by atoms with Crippen molar-refractivity contribution in [1.82, 2.24) is 4.90 Å². The highest BCUT2D eigenvalue weighted by molar-refractivity contribution is 7.13. The Hall–Kier alpha value is -1.47. The van der Waals surface area contributed by atoms with Crippen LogP contribution in [-0.4, -0.2) is 34.9 Å². The molecule has 1 saturated heterocycles. The van der Waals surface area contributed by atoms with Crippen LogP contribution in [0.25, 0.3) is 0 Å². The number of carbonyl (C=O) groups excluding carboxylic acids is 1. The van der Waals surface area contributed by atoms with Gasteiger partial charge in [-0.05, 0) is 12.8 Å². The number of carbonyl (C=O) groups is 1. The molecule has 1 aliphatic heterocycles. The fourth-order valence-electron chi connectivity index (χ4n) is 2.05. The number of nitrogens with zero attached hydrogens (tertiary/aromatic N) is 2. The average molecular weight is 255 g/mol. The summed E-state index contributed by atoms with van der Waals surface area (Å²) in [5.74, 6) is -0.151. The Morgan fingerprint density at radius 3 is 3.06 bits per heavy atom. The monoisotopic (exact) mass is 255 g/mol. The molecule has 1 unspecified atom stereocenters. The van der Waals surface area contributed by atoms with E-state index in [1.807, 2.05) is 0 Å². The zero-order valence-corrected chi connectivity index (χ0v) is 9.98. The molecule has 1 aliphatic rings. The predicted molar refractivity (Wildman–Crippen MR) is 64.1 cm³/mol. The topological polar surface area (TPSA) is 89.5 Å².